The van der Waals surface area contributed by atoms with Gasteiger partial charge in [-0.15, -0.1) is 0 Å². The number of carbonyl (C=O) groups excluding carboxylic acids is 2. The summed E-state index contributed by atoms with van der Waals surface area (Å²) in [5, 5.41) is 5.71. The first-order chi connectivity index (χ1) is 10.6. The molecule has 0 aromatic heterocycles. The number of carbonyl (C=O) groups is 2. The van der Waals surface area contributed by atoms with Gasteiger partial charge in [-0.3, -0.25) is 9.59 Å². The van der Waals surface area contributed by atoms with Gasteiger partial charge in [0.2, 0.25) is 0 Å². The highest BCUT2D eigenvalue weighted by Crippen LogP contribution is 2.28. The van der Waals surface area contributed by atoms with Crippen molar-refractivity contribution in [2.45, 2.75) is 39.5 Å². The maximum atomic E-state index is 12.2. The Kier molecular flexibility index (Phi) is 5.81. The molecule has 0 saturated heterocycles. The van der Waals surface area contributed by atoms with Crippen molar-refractivity contribution in [1.29, 1.82) is 0 Å². The molecule has 2 N–H and O–H groups in total. The van der Waals surface area contributed by atoms with Gasteiger partial charge >= 0.3 is 0 Å². The Hall–Kier alpha value is -2.04. The van der Waals surface area contributed by atoms with E-state index in [-0.39, 0.29) is 18.4 Å². The molecule has 120 valence electrons. The lowest BCUT2D eigenvalue weighted by molar-refractivity contribution is -0.118. The second kappa shape index (κ2) is 7.82. The maximum absolute atomic E-state index is 12.2. The first kappa shape index (κ1) is 16.3. The number of benzene rings is 1. The van der Waals surface area contributed by atoms with Crippen molar-refractivity contribution in [1.82, 2.24) is 5.32 Å². The minimum absolute atomic E-state index is 0.00695. The fourth-order valence-corrected chi connectivity index (χ4v) is 2.50. The number of fused-ring (bicyclic) bond motifs is 1. The molecular weight excluding hydrogens is 280 g/mol. The molecule has 1 aliphatic heterocycles. The van der Waals surface area contributed by atoms with E-state index >= 15 is 0 Å². The molecule has 0 fully saturated rings. The smallest absolute Gasteiger partial charge is 0.262 e. The van der Waals surface area contributed by atoms with Crippen LogP contribution in [0.1, 0.15) is 49.9 Å². The molecular formula is C17H24N2O3. The summed E-state index contributed by atoms with van der Waals surface area (Å²) < 4.78 is 5.33. The van der Waals surface area contributed by atoms with Crippen LogP contribution in [0.2, 0.25) is 0 Å². The van der Waals surface area contributed by atoms with E-state index in [1.807, 2.05) is 0 Å². The van der Waals surface area contributed by atoms with Crippen molar-refractivity contribution in [2.75, 3.05) is 18.5 Å². The van der Waals surface area contributed by atoms with Crippen molar-refractivity contribution in [3.63, 3.8) is 0 Å². The van der Waals surface area contributed by atoms with Gasteiger partial charge in [0.25, 0.3) is 11.8 Å². The predicted molar refractivity (Wildman–Crippen MR) is 86.2 cm³/mol. The van der Waals surface area contributed by atoms with Gasteiger partial charge in [0.15, 0.2) is 6.61 Å². The summed E-state index contributed by atoms with van der Waals surface area (Å²) in [6, 6.07) is 5.09. The molecule has 2 amide bonds. The number of anilines is 1. The zero-order valence-corrected chi connectivity index (χ0v) is 13.3. The number of hydrogen-bond donors (Lipinski definition) is 2. The van der Waals surface area contributed by atoms with Crippen LogP contribution in [0.4, 0.5) is 5.69 Å². The molecule has 5 heteroatoms. The van der Waals surface area contributed by atoms with Crippen LogP contribution in [0.25, 0.3) is 0 Å². The van der Waals surface area contributed by atoms with Crippen LogP contribution in [-0.2, 0) is 4.79 Å². The summed E-state index contributed by atoms with van der Waals surface area (Å²) in [6.45, 7) is 5.02. The molecule has 2 rings (SSSR count). The van der Waals surface area contributed by atoms with Gasteiger partial charge < -0.3 is 15.4 Å². The Morgan fingerprint density at radius 3 is 2.95 bits per heavy atom. The van der Waals surface area contributed by atoms with Crippen LogP contribution < -0.4 is 15.4 Å². The molecule has 1 aromatic carbocycles. The van der Waals surface area contributed by atoms with Crippen LogP contribution >= 0.6 is 0 Å². The first-order valence-corrected chi connectivity index (χ1v) is 7.99. The van der Waals surface area contributed by atoms with E-state index in [9.17, 15) is 9.59 Å². The zero-order valence-electron chi connectivity index (χ0n) is 13.3. The number of ether oxygens (including phenoxy) is 1. The van der Waals surface area contributed by atoms with E-state index in [1.165, 1.54) is 12.8 Å². The van der Waals surface area contributed by atoms with Gasteiger partial charge in [-0.1, -0.05) is 33.1 Å². The molecule has 0 bridgehead atoms. The highest BCUT2D eigenvalue weighted by atomic mass is 16.5. The monoisotopic (exact) mass is 304 g/mol. The molecule has 22 heavy (non-hydrogen) atoms. The number of amides is 2. The van der Waals surface area contributed by atoms with Crippen molar-refractivity contribution in [3.05, 3.63) is 23.8 Å². The summed E-state index contributed by atoms with van der Waals surface area (Å²) in [5.74, 6) is 0.798. The minimum atomic E-state index is -0.175. The standard InChI is InChI=1S/C17H24N2O3/c1-3-5-6-12(4-2)10-18-17(21)13-7-8-14-15(9-13)22-11-16(20)19-14/h7-9,12H,3-6,10-11H2,1-2H3,(H,18,21)(H,19,20). The van der Waals surface area contributed by atoms with E-state index in [1.54, 1.807) is 18.2 Å². The topological polar surface area (TPSA) is 67.4 Å². The fraction of sp³-hybridized carbons (Fsp3) is 0.529. The molecule has 1 unspecified atom stereocenters. The molecule has 0 saturated carbocycles. The van der Waals surface area contributed by atoms with Crippen molar-refractivity contribution in [2.24, 2.45) is 5.92 Å². The van der Waals surface area contributed by atoms with Gasteiger partial charge in [-0.2, -0.15) is 0 Å². The second-order valence-corrected chi connectivity index (χ2v) is 5.67. The van der Waals surface area contributed by atoms with Gasteiger partial charge in [0.1, 0.15) is 5.75 Å². The SMILES string of the molecule is CCCCC(CC)CNC(=O)c1ccc2c(c1)OCC(=O)N2. The Labute approximate surface area is 131 Å². The molecule has 1 aromatic rings. The van der Waals surface area contributed by atoms with Gasteiger partial charge in [0, 0.05) is 12.1 Å². The average molecular weight is 304 g/mol. The number of nitrogens with one attached hydrogen (secondary N) is 2. The predicted octanol–water partition coefficient (Wildman–Crippen LogP) is 2.96. The third-order valence-corrected chi connectivity index (χ3v) is 3.97. The van der Waals surface area contributed by atoms with E-state index in [0.717, 1.165) is 12.8 Å². The van der Waals surface area contributed by atoms with Crippen LogP contribution in [0, 0.1) is 5.92 Å². The molecule has 1 aliphatic rings. The lowest BCUT2D eigenvalue weighted by atomic mass is 9.99. The van der Waals surface area contributed by atoms with Gasteiger partial charge in [-0.25, -0.2) is 0 Å². The largest absolute Gasteiger partial charge is 0.482 e. The number of rotatable bonds is 7. The third-order valence-electron chi connectivity index (χ3n) is 3.97. The lowest BCUT2D eigenvalue weighted by Crippen LogP contribution is -2.30. The van der Waals surface area contributed by atoms with E-state index < -0.39 is 0 Å². The highest BCUT2D eigenvalue weighted by molar-refractivity contribution is 5.98. The molecule has 0 radical (unpaired) electrons. The summed E-state index contributed by atoms with van der Waals surface area (Å²) in [4.78, 5) is 23.5. The summed E-state index contributed by atoms with van der Waals surface area (Å²) >= 11 is 0. The molecule has 5 nitrogen and oxygen atoms in total. The number of unbranched alkanes of at least 4 members (excludes halogenated alkanes) is 1. The van der Waals surface area contributed by atoms with Crippen LogP contribution in [0.15, 0.2) is 18.2 Å². The lowest BCUT2D eigenvalue weighted by Gasteiger charge is -2.19. The Bertz CT molecular complexity index is 543. The Morgan fingerprint density at radius 2 is 2.23 bits per heavy atom. The highest BCUT2D eigenvalue weighted by Gasteiger charge is 2.18. The average Bonchev–Trinajstić information content (AvgIpc) is 2.54. The normalized spacial score (nSPS) is 14.5. The molecule has 1 heterocycles. The van der Waals surface area contributed by atoms with Crippen molar-refractivity contribution >= 4 is 17.5 Å². The van der Waals surface area contributed by atoms with E-state index in [2.05, 4.69) is 24.5 Å². The quantitative estimate of drug-likeness (QED) is 0.814. The summed E-state index contributed by atoms with van der Waals surface area (Å²) in [5.41, 5.74) is 1.17. The Balaban J connectivity index is 1.94. The van der Waals surface area contributed by atoms with Crippen molar-refractivity contribution in [3.8, 4) is 5.75 Å². The summed E-state index contributed by atoms with van der Waals surface area (Å²) in [7, 11) is 0. The number of hydrogen-bond acceptors (Lipinski definition) is 3. The third kappa shape index (κ3) is 4.23. The van der Waals surface area contributed by atoms with Gasteiger partial charge in [0.05, 0.1) is 5.69 Å². The van der Waals surface area contributed by atoms with Gasteiger partial charge in [-0.05, 0) is 30.5 Å². The fourth-order valence-electron chi connectivity index (χ4n) is 2.50. The molecule has 1 atom stereocenters. The van der Waals surface area contributed by atoms with Crippen LogP contribution in [0.3, 0.4) is 0 Å². The second-order valence-electron chi connectivity index (χ2n) is 5.67. The molecule has 0 spiro atoms. The first-order valence-electron chi connectivity index (χ1n) is 7.99. The maximum Gasteiger partial charge on any atom is 0.262 e. The van der Waals surface area contributed by atoms with E-state index in [0.29, 0.717) is 29.5 Å². The van der Waals surface area contributed by atoms with Crippen molar-refractivity contribution < 1.29 is 14.3 Å². The summed E-state index contributed by atoms with van der Waals surface area (Å²) in [6.07, 6.45) is 4.59. The molecule has 0 aliphatic carbocycles. The minimum Gasteiger partial charge on any atom is -0.482 e. The Morgan fingerprint density at radius 1 is 1.41 bits per heavy atom. The zero-order chi connectivity index (χ0) is 15.9. The van der Waals surface area contributed by atoms with Crippen LogP contribution in [0.5, 0.6) is 5.75 Å². The van der Waals surface area contributed by atoms with E-state index in [4.69, 9.17) is 4.74 Å². The van der Waals surface area contributed by atoms with Crippen LogP contribution in [-0.4, -0.2) is 25.0 Å².